The summed E-state index contributed by atoms with van der Waals surface area (Å²) in [6.07, 6.45) is 1.56. The number of aryl methyl sites for hydroxylation is 1. The van der Waals surface area contributed by atoms with Crippen LogP contribution in [0.2, 0.25) is 5.02 Å². The number of rotatable bonds is 3. The van der Waals surface area contributed by atoms with Crippen molar-refractivity contribution in [3.05, 3.63) is 40.6 Å². The number of halogens is 1. The summed E-state index contributed by atoms with van der Waals surface area (Å²) in [5, 5.41) is 0.630. The summed E-state index contributed by atoms with van der Waals surface area (Å²) in [6, 6.07) is 5.18. The summed E-state index contributed by atoms with van der Waals surface area (Å²) in [4.78, 5) is 11.3. The molecule has 0 heterocycles. The van der Waals surface area contributed by atoms with Gasteiger partial charge in [0.15, 0.2) is 0 Å². The third kappa shape index (κ3) is 3.00. The molecule has 3 nitrogen and oxygen atoms in total. The fourth-order valence-electron chi connectivity index (χ4n) is 1.16. The smallest absolute Gasteiger partial charge is 0.373 e. The number of carbonyl (C=O) groups is 1. The fourth-order valence-corrected chi connectivity index (χ4v) is 1.39. The number of ether oxygens (including phenoxy) is 2. The van der Waals surface area contributed by atoms with Gasteiger partial charge in [0.05, 0.1) is 7.11 Å². The van der Waals surface area contributed by atoms with E-state index >= 15 is 0 Å². The van der Waals surface area contributed by atoms with E-state index in [1.54, 1.807) is 31.2 Å². The Kier molecular flexibility index (Phi) is 4.38. The number of hydrogen-bond donors (Lipinski definition) is 0. The molecule has 0 amide bonds. The molecule has 86 valence electrons. The molecule has 0 saturated heterocycles. The minimum Gasteiger partial charge on any atom is -0.463 e. The van der Waals surface area contributed by atoms with E-state index < -0.39 is 5.97 Å². The zero-order valence-corrected chi connectivity index (χ0v) is 10.2. The van der Waals surface area contributed by atoms with Crippen molar-refractivity contribution in [3.8, 4) is 5.75 Å². The highest BCUT2D eigenvalue weighted by Gasteiger charge is 2.12. The average molecular weight is 241 g/mol. The monoisotopic (exact) mass is 240 g/mol. The molecule has 0 N–H and O–H groups in total. The zero-order valence-electron chi connectivity index (χ0n) is 9.41. The third-order valence-electron chi connectivity index (χ3n) is 2.01. The van der Waals surface area contributed by atoms with Crippen LogP contribution in [0.4, 0.5) is 0 Å². The van der Waals surface area contributed by atoms with Gasteiger partial charge < -0.3 is 9.47 Å². The highest BCUT2D eigenvalue weighted by molar-refractivity contribution is 6.30. The first kappa shape index (κ1) is 12.6. The maximum Gasteiger partial charge on any atom is 0.373 e. The van der Waals surface area contributed by atoms with Gasteiger partial charge in [0.1, 0.15) is 5.75 Å². The van der Waals surface area contributed by atoms with Gasteiger partial charge in [0, 0.05) is 5.02 Å². The Morgan fingerprint density at radius 2 is 2.12 bits per heavy atom. The molecule has 0 aliphatic heterocycles. The Bertz CT molecular complexity index is 424. The molecule has 0 fully saturated rings. The van der Waals surface area contributed by atoms with Gasteiger partial charge in [-0.2, -0.15) is 0 Å². The number of allylic oxidation sites excluding steroid dienone is 1. The second kappa shape index (κ2) is 5.56. The molecule has 0 aromatic heterocycles. The molecule has 0 bridgehead atoms. The predicted octanol–water partition coefficient (Wildman–Crippen LogP) is 3.10. The van der Waals surface area contributed by atoms with Crippen LogP contribution in [0.1, 0.15) is 12.5 Å². The molecular formula is C12H13ClO3. The maximum atomic E-state index is 11.3. The Labute approximate surface area is 99.6 Å². The lowest BCUT2D eigenvalue weighted by Crippen LogP contribution is -2.10. The molecule has 0 unspecified atom stereocenters. The highest BCUT2D eigenvalue weighted by atomic mass is 35.5. The van der Waals surface area contributed by atoms with E-state index in [1.165, 1.54) is 7.11 Å². The number of hydrogen-bond acceptors (Lipinski definition) is 3. The summed E-state index contributed by atoms with van der Waals surface area (Å²) < 4.78 is 10.0. The summed E-state index contributed by atoms with van der Waals surface area (Å²) in [7, 11) is 1.31. The van der Waals surface area contributed by atoms with Crippen molar-refractivity contribution in [2.45, 2.75) is 13.8 Å². The van der Waals surface area contributed by atoms with Crippen LogP contribution in [-0.2, 0) is 9.53 Å². The highest BCUT2D eigenvalue weighted by Crippen LogP contribution is 2.23. The Hall–Kier alpha value is -1.48. The molecule has 4 heteroatoms. The minimum absolute atomic E-state index is 0.160. The van der Waals surface area contributed by atoms with E-state index in [0.29, 0.717) is 10.8 Å². The third-order valence-corrected chi connectivity index (χ3v) is 2.24. The van der Waals surface area contributed by atoms with Crippen molar-refractivity contribution < 1.29 is 14.3 Å². The van der Waals surface area contributed by atoms with Gasteiger partial charge in [-0.25, -0.2) is 4.79 Å². The SMILES string of the molecule is C/C=C(\Oc1ccc(Cl)cc1C)C(=O)OC. The van der Waals surface area contributed by atoms with Crippen LogP contribution in [0.5, 0.6) is 5.75 Å². The standard InChI is InChI=1S/C12H13ClO3/c1-4-10(12(14)15-3)16-11-6-5-9(13)7-8(11)2/h4-7H,1-3H3/b10-4-. The van der Waals surface area contributed by atoms with Crippen LogP contribution < -0.4 is 4.74 Å². The lowest BCUT2D eigenvalue weighted by molar-refractivity contribution is -0.138. The number of benzene rings is 1. The lowest BCUT2D eigenvalue weighted by Gasteiger charge is -2.10. The van der Waals surface area contributed by atoms with Crippen molar-refractivity contribution in [2.24, 2.45) is 0 Å². The first-order valence-corrected chi connectivity index (χ1v) is 5.15. The van der Waals surface area contributed by atoms with Crippen molar-refractivity contribution in [1.29, 1.82) is 0 Å². The molecule has 1 rings (SSSR count). The first-order valence-electron chi connectivity index (χ1n) is 4.77. The van der Waals surface area contributed by atoms with E-state index in [9.17, 15) is 4.79 Å². The van der Waals surface area contributed by atoms with E-state index in [-0.39, 0.29) is 5.76 Å². The topological polar surface area (TPSA) is 35.5 Å². The van der Waals surface area contributed by atoms with Gasteiger partial charge in [-0.1, -0.05) is 11.6 Å². The van der Waals surface area contributed by atoms with Crippen LogP contribution >= 0.6 is 11.6 Å². The summed E-state index contributed by atoms with van der Waals surface area (Å²) >= 11 is 5.82. The van der Waals surface area contributed by atoms with Crippen LogP contribution in [0, 0.1) is 6.92 Å². The Balaban J connectivity index is 2.91. The van der Waals surface area contributed by atoms with E-state index in [0.717, 1.165) is 5.56 Å². The van der Waals surface area contributed by atoms with Crippen molar-refractivity contribution in [1.82, 2.24) is 0 Å². The molecule has 0 radical (unpaired) electrons. The molecule has 0 saturated carbocycles. The predicted molar refractivity (Wildman–Crippen MR) is 62.6 cm³/mol. The lowest BCUT2D eigenvalue weighted by atomic mass is 10.2. The van der Waals surface area contributed by atoms with Gasteiger partial charge in [-0.15, -0.1) is 0 Å². The molecule has 0 aliphatic carbocycles. The molecule has 0 spiro atoms. The molecule has 16 heavy (non-hydrogen) atoms. The maximum absolute atomic E-state index is 11.3. The van der Waals surface area contributed by atoms with E-state index in [1.807, 2.05) is 6.92 Å². The molecule has 0 atom stereocenters. The zero-order chi connectivity index (χ0) is 12.1. The Morgan fingerprint density at radius 1 is 1.44 bits per heavy atom. The van der Waals surface area contributed by atoms with Gasteiger partial charge in [0.2, 0.25) is 5.76 Å². The summed E-state index contributed by atoms with van der Waals surface area (Å²) in [6.45, 7) is 3.56. The first-order chi connectivity index (χ1) is 7.58. The molecule has 1 aromatic carbocycles. The second-order valence-electron chi connectivity index (χ2n) is 3.16. The van der Waals surface area contributed by atoms with Crippen molar-refractivity contribution >= 4 is 17.6 Å². The van der Waals surface area contributed by atoms with Crippen LogP contribution in [0.15, 0.2) is 30.0 Å². The Morgan fingerprint density at radius 3 is 2.62 bits per heavy atom. The van der Waals surface area contributed by atoms with Crippen LogP contribution in [0.3, 0.4) is 0 Å². The van der Waals surface area contributed by atoms with Gasteiger partial charge >= 0.3 is 5.97 Å². The average Bonchev–Trinajstić information content (AvgIpc) is 2.27. The van der Waals surface area contributed by atoms with Gasteiger partial charge in [-0.3, -0.25) is 0 Å². The number of methoxy groups -OCH3 is 1. The van der Waals surface area contributed by atoms with E-state index in [2.05, 4.69) is 4.74 Å². The van der Waals surface area contributed by atoms with E-state index in [4.69, 9.17) is 16.3 Å². The van der Waals surface area contributed by atoms with Crippen LogP contribution in [-0.4, -0.2) is 13.1 Å². The number of esters is 1. The molecular weight excluding hydrogens is 228 g/mol. The van der Waals surface area contributed by atoms with Crippen molar-refractivity contribution in [2.75, 3.05) is 7.11 Å². The second-order valence-corrected chi connectivity index (χ2v) is 3.59. The molecule has 0 aliphatic rings. The van der Waals surface area contributed by atoms with Gasteiger partial charge in [0.25, 0.3) is 0 Å². The number of carbonyl (C=O) groups excluding carboxylic acids is 1. The fraction of sp³-hybridized carbons (Fsp3) is 0.250. The van der Waals surface area contributed by atoms with Crippen molar-refractivity contribution in [3.63, 3.8) is 0 Å². The van der Waals surface area contributed by atoms with Crippen LogP contribution in [0.25, 0.3) is 0 Å². The summed E-state index contributed by atoms with van der Waals surface area (Å²) in [5.74, 6) is 0.243. The summed E-state index contributed by atoms with van der Waals surface area (Å²) in [5.41, 5.74) is 0.857. The van der Waals surface area contributed by atoms with Gasteiger partial charge in [-0.05, 0) is 43.7 Å². The largest absolute Gasteiger partial charge is 0.463 e. The quantitative estimate of drug-likeness (QED) is 0.463. The normalized spacial score (nSPS) is 11.1. The molecule has 1 aromatic rings. The minimum atomic E-state index is -0.503.